The minimum absolute atomic E-state index is 0.0727. The van der Waals surface area contributed by atoms with E-state index in [1.54, 1.807) is 13.2 Å². The largest absolute Gasteiger partial charge is 0.383 e. The second-order valence-electron chi connectivity index (χ2n) is 3.80. The summed E-state index contributed by atoms with van der Waals surface area (Å²) in [5, 5.41) is 22.8. The molecule has 1 unspecified atom stereocenters. The number of nitriles is 1. The summed E-state index contributed by atoms with van der Waals surface area (Å²) in [5.74, 6) is 0. The number of rotatable bonds is 6. The molecule has 0 aliphatic heterocycles. The fourth-order valence-corrected chi connectivity index (χ4v) is 1.55. The second-order valence-corrected chi connectivity index (χ2v) is 3.80. The number of hydrogen-bond donors (Lipinski definition) is 1. The number of nitrogens with one attached hydrogen (secondary N) is 1. The van der Waals surface area contributed by atoms with E-state index in [2.05, 4.69) is 5.32 Å². The molecule has 96 valence electrons. The Balaban J connectivity index is 2.96. The van der Waals surface area contributed by atoms with E-state index in [9.17, 15) is 10.1 Å². The van der Waals surface area contributed by atoms with Crippen LogP contribution in [0.5, 0.6) is 0 Å². The van der Waals surface area contributed by atoms with Gasteiger partial charge >= 0.3 is 0 Å². The van der Waals surface area contributed by atoms with E-state index in [0.717, 1.165) is 6.42 Å². The van der Waals surface area contributed by atoms with Gasteiger partial charge in [-0.05, 0) is 12.5 Å². The summed E-state index contributed by atoms with van der Waals surface area (Å²) in [6.07, 6.45) is 0.829. The predicted molar refractivity (Wildman–Crippen MR) is 67.4 cm³/mol. The summed E-state index contributed by atoms with van der Waals surface area (Å²) in [4.78, 5) is 10.1. The number of methoxy groups -OCH3 is 1. The zero-order chi connectivity index (χ0) is 13.5. The van der Waals surface area contributed by atoms with Gasteiger partial charge in [0.1, 0.15) is 6.07 Å². The maximum Gasteiger partial charge on any atom is 0.270 e. The first-order valence-electron chi connectivity index (χ1n) is 5.56. The van der Waals surface area contributed by atoms with Gasteiger partial charge in [0.2, 0.25) is 0 Å². The molecule has 0 spiro atoms. The minimum atomic E-state index is -0.517. The van der Waals surface area contributed by atoms with E-state index in [1.165, 1.54) is 12.1 Å². The monoisotopic (exact) mass is 249 g/mol. The van der Waals surface area contributed by atoms with E-state index < -0.39 is 4.92 Å². The number of benzene rings is 1. The molecule has 0 heterocycles. The van der Waals surface area contributed by atoms with Crippen molar-refractivity contribution in [3.63, 3.8) is 0 Å². The lowest BCUT2D eigenvalue weighted by atomic mass is 10.1. The molecule has 1 N–H and O–H groups in total. The highest BCUT2D eigenvalue weighted by molar-refractivity contribution is 5.61. The number of ether oxygens (including phenoxy) is 1. The summed E-state index contributed by atoms with van der Waals surface area (Å²) in [6, 6.07) is 6.22. The summed E-state index contributed by atoms with van der Waals surface area (Å²) in [7, 11) is 1.60. The first-order valence-corrected chi connectivity index (χ1v) is 5.56. The van der Waals surface area contributed by atoms with E-state index >= 15 is 0 Å². The molecule has 1 rings (SSSR count). The van der Waals surface area contributed by atoms with Crippen molar-refractivity contribution in [3.8, 4) is 6.07 Å². The quantitative estimate of drug-likeness (QED) is 0.617. The zero-order valence-electron chi connectivity index (χ0n) is 10.3. The van der Waals surface area contributed by atoms with Crippen LogP contribution in [0.3, 0.4) is 0 Å². The summed E-state index contributed by atoms with van der Waals surface area (Å²) < 4.78 is 5.05. The van der Waals surface area contributed by atoms with Gasteiger partial charge in [-0.2, -0.15) is 5.26 Å². The van der Waals surface area contributed by atoms with Gasteiger partial charge in [-0.1, -0.05) is 6.92 Å². The Labute approximate surface area is 105 Å². The van der Waals surface area contributed by atoms with E-state index in [-0.39, 0.29) is 17.3 Å². The van der Waals surface area contributed by atoms with Crippen molar-refractivity contribution in [2.24, 2.45) is 0 Å². The molecule has 0 saturated carbocycles. The van der Waals surface area contributed by atoms with Crippen LogP contribution >= 0.6 is 0 Å². The van der Waals surface area contributed by atoms with Crippen molar-refractivity contribution < 1.29 is 9.66 Å². The molecule has 0 aliphatic carbocycles. The molecule has 0 aromatic heterocycles. The molecule has 1 aromatic rings. The molecule has 0 amide bonds. The van der Waals surface area contributed by atoms with Crippen LogP contribution in [0.25, 0.3) is 0 Å². The highest BCUT2D eigenvalue weighted by atomic mass is 16.6. The van der Waals surface area contributed by atoms with Crippen molar-refractivity contribution in [2.45, 2.75) is 19.4 Å². The van der Waals surface area contributed by atoms with Gasteiger partial charge in [-0.3, -0.25) is 10.1 Å². The molecule has 6 heteroatoms. The molecule has 1 aromatic carbocycles. The van der Waals surface area contributed by atoms with Gasteiger partial charge in [0, 0.05) is 25.3 Å². The van der Waals surface area contributed by atoms with Crippen molar-refractivity contribution in [1.29, 1.82) is 5.26 Å². The third-order valence-electron chi connectivity index (χ3n) is 2.55. The predicted octanol–water partition coefficient (Wildman–Crippen LogP) is 2.30. The van der Waals surface area contributed by atoms with E-state index in [4.69, 9.17) is 10.00 Å². The molecule has 0 bridgehead atoms. The molecule has 0 saturated heterocycles. The minimum Gasteiger partial charge on any atom is -0.383 e. The van der Waals surface area contributed by atoms with Crippen molar-refractivity contribution in [3.05, 3.63) is 33.9 Å². The first-order chi connectivity index (χ1) is 8.62. The van der Waals surface area contributed by atoms with Gasteiger partial charge in [-0.15, -0.1) is 0 Å². The summed E-state index contributed by atoms with van der Waals surface area (Å²) >= 11 is 0. The average Bonchev–Trinajstić information content (AvgIpc) is 2.38. The lowest BCUT2D eigenvalue weighted by Gasteiger charge is -2.17. The van der Waals surface area contributed by atoms with Crippen LogP contribution in [0, 0.1) is 21.4 Å². The summed E-state index contributed by atoms with van der Waals surface area (Å²) in [5.41, 5.74) is 0.766. The molecular weight excluding hydrogens is 234 g/mol. The maximum absolute atomic E-state index is 10.6. The summed E-state index contributed by atoms with van der Waals surface area (Å²) in [6.45, 7) is 2.51. The molecule has 18 heavy (non-hydrogen) atoms. The van der Waals surface area contributed by atoms with E-state index in [0.29, 0.717) is 12.3 Å². The first kappa shape index (κ1) is 13.9. The average molecular weight is 249 g/mol. The van der Waals surface area contributed by atoms with Crippen LogP contribution < -0.4 is 5.32 Å². The lowest BCUT2D eigenvalue weighted by Crippen LogP contribution is -2.24. The molecule has 0 aliphatic rings. The SMILES string of the molecule is CCC(COC)Nc1ccc([N+](=O)[O-])cc1C#N. The van der Waals surface area contributed by atoms with Crippen LogP contribution in [0.1, 0.15) is 18.9 Å². The Morgan fingerprint density at radius 3 is 2.83 bits per heavy atom. The van der Waals surface area contributed by atoms with Gasteiger partial charge in [0.05, 0.1) is 22.8 Å². The Bertz CT molecular complexity index is 468. The van der Waals surface area contributed by atoms with Crippen LogP contribution in [0.4, 0.5) is 11.4 Å². The number of anilines is 1. The number of nitro groups is 1. The molecule has 1 atom stereocenters. The maximum atomic E-state index is 10.6. The Morgan fingerprint density at radius 1 is 1.61 bits per heavy atom. The third kappa shape index (κ3) is 3.43. The van der Waals surface area contributed by atoms with Crippen LogP contribution in [-0.2, 0) is 4.74 Å². The molecule has 0 fully saturated rings. The fraction of sp³-hybridized carbons (Fsp3) is 0.417. The molecule has 0 radical (unpaired) electrons. The fourth-order valence-electron chi connectivity index (χ4n) is 1.55. The number of nitro benzene ring substituents is 1. The standard InChI is InChI=1S/C12H15N3O3/c1-3-10(8-18-2)14-12-5-4-11(15(16)17)6-9(12)7-13/h4-6,10,14H,3,8H2,1-2H3. The number of non-ortho nitro benzene ring substituents is 1. The van der Waals surface area contributed by atoms with Crippen molar-refractivity contribution in [1.82, 2.24) is 0 Å². The lowest BCUT2D eigenvalue weighted by molar-refractivity contribution is -0.384. The van der Waals surface area contributed by atoms with Gasteiger partial charge in [0.15, 0.2) is 0 Å². The van der Waals surface area contributed by atoms with Crippen LogP contribution in [-0.4, -0.2) is 24.7 Å². The third-order valence-corrected chi connectivity index (χ3v) is 2.55. The smallest absolute Gasteiger partial charge is 0.270 e. The Morgan fingerprint density at radius 2 is 2.33 bits per heavy atom. The van der Waals surface area contributed by atoms with Crippen LogP contribution in [0.15, 0.2) is 18.2 Å². The molecular formula is C12H15N3O3. The normalized spacial score (nSPS) is 11.6. The highest BCUT2D eigenvalue weighted by Crippen LogP contribution is 2.22. The number of hydrogen-bond acceptors (Lipinski definition) is 5. The molecule has 6 nitrogen and oxygen atoms in total. The Hall–Kier alpha value is -2.13. The van der Waals surface area contributed by atoms with Crippen LogP contribution in [0.2, 0.25) is 0 Å². The highest BCUT2D eigenvalue weighted by Gasteiger charge is 2.13. The van der Waals surface area contributed by atoms with E-state index in [1.807, 2.05) is 13.0 Å². The second kappa shape index (κ2) is 6.57. The van der Waals surface area contributed by atoms with Gasteiger partial charge in [-0.25, -0.2) is 0 Å². The van der Waals surface area contributed by atoms with Crippen molar-refractivity contribution >= 4 is 11.4 Å². The van der Waals surface area contributed by atoms with Crippen molar-refractivity contribution in [2.75, 3.05) is 19.0 Å². The topological polar surface area (TPSA) is 88.2 Å². The van der Waals surface area contributed by atoms with Gasteiger partial charge < -0.3 is 10.1 Å². The Kier molecular flexibility index (Phi) is 5.08. The number of nitrogens with zero attached hydrogens (tertiary/aromatic N) is 2. The zero-order valence-corrected chi connectivity index (χ0v) is 10.3. The van der Waals surface area contributed by atoms with Gasteiger partial charge in [0.25, 0.3) is 5.69 Å².